The van der Waals surface area contributed by atoms with E-state index >= 15 is 0 Å². The molecular formula is C20H15ClFN5O2S. The first kappa shape index (κ1) is 20.0. The average molecular weight is 444 g/mol. The summed E-state index contributed by atoms with van der Waals surface area (Å²) in [6.07, 6.45) is 8.27. The minimum absolute atomic E-state index is 0.215. The molecule has 0 aliphatic heterocycles. The van der Waals surface area contributed by atoms with Gasteiger partial charge in [-0.1, -0.05) is 17.7 Å². The van der Waals surface area contributed by atoms with E-state index in [1.54, 1.807) is 23.0 Å². The molecule has 0 saturated carbocycles. The summed E-state index contributed by atoms with van der Waals surface area (Å²) in [5.74, 6) is -0.625. The van der Waals surface area contributed by atoms with Gasteiger partial charge in [-0.15, -0.1) is 0 Å². The maximum absolute atomic E-state index is 13.2. The van der Waals surface area contributed by atoms with Crippen molar-refractivity contribution < 1.29 is 12.8 Å². The van der Waals surface area contributed by atoms with Crippen molar-refractivity contribution in [3.8, 4) is 11.1 Å². The normalized spacial score (nSPS) is 12.0. The van der Waals surface area contributed by atoms with E-state index in [4.69, 9.17) is 11.6 Å². The number of hydrogen-bond donors (Lipinski definition) is 0. The Morgan fingerprint density at radius 2 is 2.00 bits per heavy atom. The molecule has 7 nitrogen and oxygen atoms in total. The second-order valence-electron chi connectivity index (χ2n) is 6.33. The molecule has 0 aliphatic rings. The number of nitrogens with zero attached hydrogens (tertiary/aromatic N) is 5. The highest BCUT2D eigenvalue weighted by Crippen LogP contribution is 2.25. The van der Waals surface area contributed by atoms with Crippen molar-refractivity contribution >= 4 is 33.5 Å². The number of benzene rings is 1. The summed E-state index contributed by atoms with van der Waals surface area (Å²) in [5.41, 5.74) is 3.10. The van der Waals surface area contributed by atoms with E-state index in [0.29, 0.717) is 11.3 Å². The quantitative estimate of drug-likeness (QED) is 0.346. The van der Waals surface area contributed by atoms with Crippen LogP contribution >= 0.6 is 11.6 Å². The van der Waals surface area contributed by atoms with Gasteiger partial charge in [0.2, 0.25) is 0 Å². The third-order valence-electron chi connectivity index (χ3n) is 4.40. The number of halogens is 2. The monoisotopic (exact) mass is 443 g/mol. The van der Waals surface area contributed by atoms with Crippen LogP contribution in [0.4, 0.5) is 4.39 Å². The Labute approximate surface area is 177 Å². The Morgan fingerprint density at radius 1 is 1.17 bits per heavy atom. The standard InChI is InChI=1S/C20H15ClFN5O2S/c1-26(30(28,29)19-6-5-16(22)9-18(19)21)25-12-17-11-24-20-7-4-15(13-27(17)20)14-3-2-8-23-10-14/h2-13H,1H3/b25-12+. The molecule has 0 aliphatic carbocycles. The molecule has 1 aromatic carbocycles. The van der Waals surface area contributed by atoms with Crippen molar-refractivity contribution in [1.82, 2.24) is 18.8 Å². The van der Waals surface area contributed by atoms with Crippen molar-refractivity contribution in [2.24, 2.45) is 5.10 Å². The molecule has 0 N–H and O–H groups in total. The first-order valence-corrected chi connectivity index (χ1v) is 10.5. The molecule has 10 heteroatoms. The van der Waals surface area contributed by atoms with Gasteiger partial charge in [-0.2, -0.15) is 17.9 Å². The van der Waals surface area contributed by atoms with Crippen molar-refractivity contribution in [2.45, 2.75) is 4.90 Å². The van der Waals surface area contributed by atoms with Gasteiger partial charge >= 0.3 is 0 Å². The van der Waals surface area contributed by atoms with Gasteiger partial charge in [0.05, 0.1) is 23.1 Å². The Hall–Kier alpha value is -3.30. The molecule has 0 saturated heterocycles. The van der Waals surface area contributed by atoms with E-state index in [-0.39, 0.29) is 9.92 Å². The fourth-order valence-corrected chi connectivity index (χ4v) is 4.29. The molecule has 0 unspecified atom stereocenters. The van der Waals surface area contributed by atoms with Gasteiger partial charge in [0.25, 0.3) is 10.0 Å². The van der Waals surface area contributed by atoms with E-state index in [1.807, 2.05) is 30.5 Å². The number of hydrazone groups is 1. The van der Waals surface area contributed by atoms with Gasteiger partial charge in [-0.05, 0) is 36.4 Å². The predicted octanol–water partition coefficient (Wildman–Crippen LogP) is 3.84. The number of sulfonamides is 1. The Balaban J connectivity index is 1.66. The first-order chi connectivity index (χ1) is 14.4. The summed E-state index contributed by atoms with van der Waals surface area (Å²) in [5, 5.41) is 3.81. The lowest BCUT2D eigenvalue weighted by Gasteiger charge is -2.14. The highest BCUT2D eigenvalue weighted by atomic mass is 35.5. The lowest BCUT2D eigenvalue weighted by atomic mass is 10.1. The summed E-state index contributed by atoms with van der Waals surface area (Å²) in [6.45, 7) is 0. The fraction of sp³-hybridized carbons (Fsp3) is 0.0500. The number of rotatable bonds is 5. The third-order valence-corrected chi connectivity index (χ3v) is 6.53. The lowest BCUT2D eigenvalue weighted by molar-refractivity contribution is 0.490. The van der Waals surface area contributed by atoms with Crippen molar-refractivity contribution in [1.29, 1.82) is 0 Å². The van der Waals surface area contributed by atoms with E-state index in [1.165, 1.54) is 13.3 Å². The van der Waals surface area contributed by atoms with Gasteiger partial charge in [0.15, 0.2) is 0 Å². The molecule has 0 fully saturated rings. The Kier molecular flexibility index (Phi) is 5.23. The molecule has 0 atom stereocenters. The molecule has 152 valence electrons. The summed E-state index contributed by atoms with van der Waals surface area (Å²) in [6, 6.07) is 10.6. The fourth-order valence-electron chi connectivity index (χ4n) is 2.83. The van der Waals surface area contributed by atoms with Crippen LogP contribution in [0.15, 0.2) is 77.2 Å². The van der Waals surface area contributed by atoms with E-state index in [2.05, 4.69) is 15.1 Å². The SMILES string of the molecule is CN(/N=C/c1cnc2ccc(-c3cccnc3)cn12)S(=O)(=O)c1ccc(F)cc1Cl. The zero-order valence-electron chi connectivity index (χ0n) is 15.6. The second-order valence-corrected chi connectivity index (χ2v) is 8.65. The number of pyridine rings is 2. The molecular weight excluding hydrogens is 429 g/mol. The zero-order chi connectivity index (χ0) is 21.3. The van der Waals surface area contributed by atoms with Crippen LogP contribution in [-0.4, -0.2) is 40.5 Å². The molecule has 0 bridgehead atoms. The van der Waals surface area contributed by atoms with E-state index in [0.717, 1.165) is 33.7 Å². The van der Waals surface area contributed by atoms with Crippen LogP contribution in [0.3, 0.4) is 0 Å². The van der Waals surface area contributed by atoms with Crippen LogP contribution in [0.2, 0.25) is 5.02 Å². The van der Waals surface area contributed by atoms with E-state index < -0.39 is 15.8 Å². The van der Waals surface area contributed by atoms with Gasteiger partial charge in [0.1, 0.15) is 16.4 Å². The van der Waals surface area contributed by atoms with Crippen molar-refractivity contribution in [3.63, 3.8) is 0 Å². The van der Waals surface area contributed by atoms with Crippen LogP contribution in [0.1, 0.15) is 5.69 Å². The van der Waals surface area contributed by atoms with Crippen molar-refractivity contribution in [3.05, 3.63) is 83.8 Å². The van der Waals surface area contributed by atoms with E-state index in [9.17, 15) is 12.8 Å². The van der Waals surface area contributed by atoms with Crippen LogP contribution in [0, 0.1) is 5.82 Å². The number of hydrogen-bond acceptors (Lipinski definition) is 5. The Morgan fingerprint density at radius 3 is 2.73 bits per heavy atom. The lowest BCUT2D eigenvalue weighted by Crippen LogP contribution is -2.22. The largest absolute Gasteiger partial charge is 0.298 e. The summed E-state index contributed by atoms with van der Waals surface area (Å²) in [4.78, 5) is 8.19. The number of imidazole rings is 1. The second kappa shape index (κ2) is 7.85. The van der Waals surface area contributed by atoms with Crippen molar-refractivity contribution in [2.75, 3.05) is 7.05 Å². The van der Waals surface area contributed by atoms with Gasteiger partial charge in [0, 0.05) is 36.8 Å². The predicted molar refractivity (Wildman–Crippen MR) is 112 cm³/mol. The molecule has 3 aromatic heterocycles. The average Bonchev–Trinajstić information content (AvgIpc) is 3.14. The molecule has 4 aromatic rings. The van der Waals surface area contributed by atoms with Crippen LogP contribution in [0.5, 0.6) is 0 Å². The zero-order valence-corrected chi connectivity index (χ0v) is 17.2. The summed E-state index contributed by atoms with van der Waals surface area (Å²) in [7, 11) is -2.77. The number of fused-ring (bicyclic) bond motifs is 1. The maximum atomic E-state index is 13.2. The molecule has 0 amide bonds. The van der Waals surface area contributed by atoms with Crippen LogP contribution in [0.25, 0.3) is 16.8 Å². The molecule has 30 heavy (non-hydrogen) atoms. The van der Waals surface area contributed by atoms with Gasteiger partial charge in [-0.25, -0.2) is 9.37 Å². The van der Waals surface area contributed by atoms with Crippen LogP contribution in [-0.2, 0) is 10.0 Å². The van der Waals surface area contributed by atoms with Gasteiger partial charge < -0.3 is 0 Å². The summed E-state index contributed by atoms with van der Waals surface area (Å²) < 4.78 is 41.2. The topological polar surface area (TPSA) is 79.9 Å². The minimum Gasteiger partial charge on any atom is -0.298 e. The Bertz CT molecular complexity index is 1360. The number of aromatic nitrogens is 3. The highest BCUT2D eigenvalue weighted by molar-refractivity contribution is 7.89. The molecule has 0 spiro atoms. The smallest absolute Gasteiger partial charge is 0.280 e. The molecule has 4 rings (SSSR count). The van der Waals surface area contributed by atoms with Crippen LogP contribution < -0.4 is 0 Å². The highest BCUT2D eigenvalue weighted by Gasteiger charge is 2.23. The maximum Gasteiger partial charge on any atom is 0.280 e. The molecule has 3 heterocycles. The van der Waals surface area contributed by atoms with Gasteiger partial charge in [-0.3, -0.25) is 9.38 Å². The minimum atomic E-state index is -4.05. The first-order valence-electron chi connectivity index (χ1n) is 8.72. The molecule has 0 radical (unpaired) electrons. The third kappa shape index (κ3) is 3.77. The summed E-state index contributed by atoms with van der Waals surface area (Å²) >= 11 is 5.89.